The number of anilines is 1. The zero-order chi connectivity index (χ0) is 26.7. The quantitative estimate of drug-likeness (QED) is 0.285. The highest BCUT2D eigenvalue weighted by atomic mass is 19.4. The Bertz CT molecular complexity index is 1270. The number of carbonyl (C=O) groups is 1. The van der Waals surface area contributed by atoms with E-state index in [1.807, 2.05) is 0 Å². The molecule has 0 bridgehead atoms. The molecule has 0 heterocycles. The van der Waals surface area contributed by atoms with E-state index in [-0.39, 0.29) is 40.7 Å². The van der Waals surface area contributed by atoms with E-state index in [0.717, 1.165) is 12.1 Å². The average molecular weight is 522 g/mol. The Morgan fingerprint density at radius 1 is 1.05 bits per heavy atom. The van der Waals surface area contributed by atoms with Crippen LogP contribution < -0.4 is 15.8 Å². The Hall–Kier alpha value is -3.53. The van der Waals surface area contributed by atoms with E-state index in [2.05, 4.69) is 5.32 Å². The van der Waals surface area contributed by atoms with Gasteiger partial charge >= 0.3 is 6.18 Å². The van der Waals surface area contributed by atoms with Gasteiger partial charge in [-0.15, -0.1) is 0 Å². The molecular formula is C27H24F6N2O2. The molecule has 0 aromatic heterocycles. The molecule has 196 valence electrons. The number of nitrogens with two attached hydrogens (primary N) is 1. The molecule has 1 unspecified atom stereocenters. The minimum Gasteiger partial charge on any atom is -0.457 e. The van der Waals surface area contributed by atoms with Gasteiger partial charge in [0.2, 0.25) is 0 Å². The van der Waals surface area contributed by atoms with Gasteiger partial charge in [-0.1, -0.05) is 12.1 Å². The van der Waals surface area contributed by atoms with Crippen molar-refractivity contribution >= 4 is 11.6 Å². The molecule has 3 aromatic carbocycles. The van der Waals surface area contributed by atoms with Gasteiger partial charge in [0.25, 0.3) is 5.91 Å². The number of alkyl halides is 5. The van der Waals surface area contributed by atoms with Crippen LogP contribution in [0, 0.1) is 5.82 Å². The number of hydrogen-bond donors (Lipinski definition) is 2. The third kappa shape index (κ3) is 6.25. The first kappa shape index (κ1) is 26.5. The Morgan fingerprint density at radius 3 is 2.35 bits per heavy atom. The second kappa shape index (κ2) is 10.8. The van der Waals surface area contributed by atoms with Crippen LogP contribution in [0.15, 0.2) is 54.6 Å². The van der Waals surface area contributed by atoms with E-state index in [9.17, 15) is 31.1 Å². The Morgan fingerprint density at radius 2 is 1.76 bits per heavy atom. The van der Waals surface area contributed by atoms with Crippen LogP contribution in [0.5, 0.6) is 11.5 Å². The third-order valence-corrected chi connectivity index (χ3v) is 6.10. The van der Waals surface area contributed by atoms with E-state index >= 15 is 0 Å². The van der Waals surface area contributed by atoms with Gasteiger partial charge in [0, 0.05) is 17.3 Å². The van der Waals surface area contributed by atoms with Crippen LogP contribution in [0.2, 0.25) is 0 Å². The maximum atomic E-state index is 14.2. The van der Waals surface area contributed by atoms with Gasteiger partial charge < -0.3 is 15.8 Å². The van der Waals surface area contributed by atoms with Gasteiger partial charge in [0.05, 0.1) is 17.8 Å². The summed E-state index contributed by atoms with van der Waals surface area (Å²) in [7, 11) is 0. The van der Waals surface area contributed by atoms with E-state index in [1.54, 1.807) is 0 Å². The highest BCUT2D eigenvalue weighted by molar-refractivity contribution is 6.06. The highest BCUT2D eigenvalue weighted by Gasteiger charge is 2.40. The SMILES string of the molecule is NC(CCF)c1cc(NC(=O)c2cc(C(F)(F)F)c(C3CC3)cc2Oc2ccc(CF)cc2)ccc1F. The van der Waals surface area contributed by atoms with Crippen molar-refractivity contribution in [3.8, 4) is 11.5 Å². The molecular weight excluding hydrogens is 498 g/mol. The largest absolute Gasteiger partial charge is 0.457 e. The summed E-state index contributed by atoms with van der Waals surface area (Å²) in [5.41, 5.74) is 4.90. The first-order valence-electron chi connectivity index (χ1n) is 11.6. The van der Waals surface area contributed by atoms with Crippen molar-refractivity contribution in [1.29, 1.82) is 0 Å². The summed E-state index contributed by atoms with van der Waals surface area (Å²) in [6.07, 6.45) is -3.70. The smallest absolute Gasteiger partial charge is 0.416 e. The van der Waals surface area contributed by atoms with Gasteiger partial charge in [-0.3, -0.25) is 9.18 Å². The second-order valence-electron chi connectivity index (χ2n) is 8.86. The van der Waals surface area contributed by atoms with Gasteiger partial charge in [-0.05, 0) is 78.8 Å². The third-order valence-electron chi connectivity index (χ3n) is 6.10. The van der Waals surface area contributed by atoms with E-state index < -0.39 is 48.4 Å². The fraction of sp³-hybridized carbons (Fsp3) is 0.296. The molecule has 37 heavy (non-hydrogen) atoms. The topological polar surface area (TPSA) is 64.3 Å². The van der Waals surface area contributed by atoms with Crippen LogP contribution in [0.4, 0.5) is 32.0 Å². The van der Waals surface area contributed by atoms with Gasteiger partial charge in [0.15, 0.2) is 0 Å². The zero-order valence-corrected chi connectivity index (χ0v) is 19.5. The van der Waals surface area contributed by atoms with E-state index in [0.29, 0.717) is 18.4 Å². The van der Waals surface area contributed by atoms with E-state index in [4.69, 9.17) is 10.5 Å². The number of hydrogen-bond acceptors (Lipinski definition) is 3. The fourth-order valence-electron chi connectivity index (χ4n) is 3.99. The van der Waals surface area contributed by atoms with Crippen LogP contribution in [0.3, 0.4) is 0 Å². The lowest BCUT2D eigenvalue weighted by molar-refractivity contribution is -0.138. The monoisotopic (exact) mass is 522 g/mol. The summed E-state index contributed by atoms with van der Waals surface area (Å²) >= 11 is 0. The van der Waals surface area contributed by atoms with Gasteiger partial charge in [-0.25, -0.2) is 8.78 Å². The number of rotatable bonds is 9. The lowest BCUT2D eigenvalue weighted by Gasteiger charge is -2.19. The molecule has 1 aliphatic carbocycles. The van der Waals surface area contributed by atoms with E-state index in [1.165, 1.54) is 42.5 Å². The normalized spacial score (nSPS) is 14.4. The van der Waals surface area contributed by atoms with Crippen LogP contribution >= 0.6 is 0 Å². The van der Waals surface area contributed by atoms with Crippen molar-refractivity contribution in [2.24, 2.45) is 5.73 Å². The molecule has 0 aliphatic heterocycles. The molecule has 0 radical (unpaired) electrons. The lowest BCUT2D eigenvalue weighted by Crippen LogP contribution is -2.18. The minimum absolute atomic E-state index is 0.0284. The van der Waals surface area contributed by atoms with Crippen molar-refractivity contribution in [3.63, 3.8) is 0 Å². The van der Waals surface area contributed by atoms with Crippen molar-refractivity contribution in [1.82, 2.24) is 0 Å². The summed E-state index contributed by atoms with van der Waals surface area (Å²) in [6, 6.07) is 10.3. The summed E-state index contributed by atoms with van der Waals surface area (Å²) in [5, 5.41) is 2.46. The summed E-state index contributed by atoms with van der Waals surface area (Å²) in [5.74, 6) is -1.85. The molecule has 4 nitrogen and oxygen atoms in total. The van der Waals surface area contributed by atoms with Crippen molar-refractivity contribution in [2.45, 2.75) is 44.1 Å². The number of benzene rings is 3. The standard InChI is InChI=1S/C27H24F6N2O2/c28-10-9-24(34)20-11-17(5-8-23(20)30)35-26(36)21-12-22(27(31,32)33)19(16-3-4-16)13-25(21)37-18-6-1-15(14-29)2-7-18/h1-2,5-8,11-13,16,24H,3-4,9-10,14,34H2,(H,35,36). The van der Waals surface area contributed by atoms with Crippen molar-refractivity contribution in [3.05, 3.63) is 88.2 Å². The Kier molecular flexibility index (Phi) is 7.77. The zero-order valence-electron chi connectivity index (χ0n) is 19.5. The molecule has 1 saturated carbocycles. The summed E-state index contributed by atoms with van der Waals surface area (Å²) < 4.78 is 87.3. The summed E-state index contributed by atoms with van der Waals surface area (Å²) in [4.78, 5) is 13.2. The predicted octanol–water partition coefficient (Wildman–Crippen LogP) is 7.60. The molecule has 1 aliphatic rings. The summed E-state index contributed by atoms with van der Waals surface area (Å²) in [6.45, 7) is -1.48. The van der Waals surface area contributed by atoms with Crippen LogP contribution in [-0.2, 0) is 12.9 Å². The highest BCUT2D eigenvalue weighted by Crippen LogP contribution is 2.48. The molecule has 10 heteroatoms. The maximum Gasteiger partial charge on any atom is 0.416 e. The number of amides is 1. The van der Waals surface area contributed by atoms with Gasteiger partial charge in [0.1, 0.15) is 24.0 Å². The molecule has 1 atom stereocenters. The number of halogens is 6. The first-order chi connectivity index (χ1) is 17.6. The Balaban J connectivity index is 1.73. The fourth-order valence-corrected chi connectivity index (χ4v) is 3.99. The van der Waals surface area contributed by atoms with Crippen LogP contribution in [-0.4, -0.2) is 12.6 Å². The van der Waals surface area contributed by atoms with Gasteiger partial charge in [-0.2, -0.15) is 13.2 Å². The molecule has 4 rings (SSSR count). The molecule has 3 aromatic rings. The van der Waals surface area contributed by atoms with Crippen molar-refractivity contribution in [2.75, 3.05) is 12.0 Å². The minimum atomic E-state index is -4.71. The molecule has 0 saturated heterocycles. The Labute approximate surface area is 209 Å². The van der Waals surface area contributed by atoms with Crippen molar-refractivity contribution < 1.29 is 35.9 Å². The average Bonchev–Trinajstić information content (AvgIpc) is 3.70. The second-order valence-corrected chi connectivity index (χ2v) is 8.86. The molecule has 0 spiro atoms. The maximum absolute atomic E-state index is 14.2. The molecule has 1 amide bonds. The number of ether oxygens (including phenoxy) is 1. The van der Waals surface area contributed by atoms with Crippen LogP contribution in [0.25, 0.3) is 0 Å². The first-order valence-corrected chi connectivity index (χ1v) is 11.6. The molecule has 1 fully saturated rings. The number of nitrogens with one attached hydrogen (secondary N) is 1. The molecule has 3 N–H and O–H groups in total. The number of carbonyl (C=O) groups excluding carboxylic acids is 1. The van der Waals surface area contributed by atoms with Crippen LogP contribution in [0.1, 0.15) is 63.8 Å². The predicted molar refractivity (Wildman–Crippen MR) is 127 cm³/mol. The lowest BCUT2D eigenvalue weighted by atomic mass is 9.98.